The Morgan fingerprint density at radius 2 is 2.15 bits per heavy atom. The summed E-state index contributed by atoms with van der Waals surface area (Å²) in [6, 6.07) is 1.88. The van der Waals surface area contributed by atoms with Gasteiger partial charge in [0.05, 0.1) is 0 Å². The Kier molecular flexibility index (Phi) is 3.90. The third-order valence-electron chi connectivity index (χ3n) is 1.66. The monoisotopic (exact) mass is 219 g/mol. The smallest absolute Gasteiger partial charge is 0.155 e. The maximum absolute atomic E-state index is 5.81. The normalized spacial score (nSPS) is 12.9. The van der Waals surface area contributed by atoms with Crippen LogP contribution in [0, 0.1) is 0 Å². The van der Waals surface area contributed by atoms with Crippen LogP contribution in [0.1, 0.15) is 18.9 Å². The molecule has 13 heavy (non-hydrogen) atoms. The van der Waals surface area contributed by atoms with E-state index in [-0.39, 0.29) is 6.04 Å². The Morgan fingerprint density at radius 1 is 1.46 bits per heavy atom. The molecule has 1 aromatic heterocycles. The number of hydrogen-bond donors (Lipinski definition) is 1. The average molecular weight is 220 g/mol. The molecule has 0 saturated carbocycles. The molecule has 0 spiro atoms. The first-order valence-electron chi connectivity index (χ1n) is 4.03. The highest BCUT2D eigenvalue weighted by molar-refractivity contribution is 6.31. The molecule has 1 aromatic rings. The first-order valence-corrected chi connectivity index (χ1v) is 4.78. The van der Waals surface area contributed by atoms with Crippen molar-refractivity contribution >= 4 is 23.2 Å². The van der Waals surface area contributed by atoms with Gasteiger partial charge in [0.1, 0.15) is 0 Å². The van der Waals surface area contributed by atoms with Crippen molar-refractivity contribution in [2.75, 3.05) is 0 Å². The predicted molar refractivity (Wildman–Crippen MR) is 54.0 cm³/mol. The van der Waals surface area contributed by atoms with Gasteiger partial charge in [-0.3, -0.25) is 0 Å². The van der Waals surface area contributed by atoms with E-state index in [9.17, 15) is 0 Å². The Balaban J connectivity index is 2.70. The van der Waals surface area contributed by atoms with Crippen molar-refractivity contribution in [2.45, 2.75) is 25.8 Å². The van der Waals surface area contributed by atoms with Crippen LogP contribution in [0.3, 0.4) is 0 Å². The first-order chi connectivity index (χ1) is 6.09. The lowest BCUT2D eigenvalue weighted by Crippen LogP contribution is -2.15. The van der Waals surface area contributed by atoms with Gasteiger partial charge in [0.25, 0.3) is 0 Å². The SMILES string of the molecule is C[C@H](N)CCc1cc(Cl)nnc1Cl. The van der Waals surface area contributed by atoms with E-state index in [2.05, 4.69) is 10.2 Å². The van der Waals surface area contributed by atoms with E-state index >= 15 is 0 Å². The Bertz CT molecular complexity index is 289. The Labute approximate surface area is 87.2 Å². The number of nitrogens with two attached hydrogens (primary N) is 1. The van der Waals surface area contributed by atoms with Gasteiger partial charge >= 0.3 is 0 Å². The molecule has 0 aliphatic rings. The van der Waals surface area contributed by atoms with E-state index in [0.29, 0.717) is 10.3 Å². The van der Waals surface area contributed by atoms with Gasteiger partial charge in [0.15, 0.2) is 10.3 Å². The molecule has 2 N–H and O–H groups in total. The number of halogens is 2. The van der Waals surface area contributed by atoms with Gasteiger partial charge in [-0.05, 0) is 31.4 Å². The van der Waals surface area contributed by atoms with Crippen molar-refractivity contribution in [3.8, 4) is 0 Å². The molecule has 5 heteroatoms. The summed E-state index contributed by atoms with van der Waals surface area (Å²) in [5, 5.41) is 8.09. The molecule has 0 saturated heterocycles. The van der Waals surface area contributed by atoms with Gasteiger partial charge in [-0.2, -0.15) is 0 Å². The molecule has 1 atom stereocenters. The molecule has 0 aliphatic carbocycles. The first kappa shape index (κ1) is 10.7. The third-order valence-corrected chi connectivity index (χ3v) is 2.16. The van der Waals surface area contributed by atoms with Crippen LogP contribution in [0.25, 0.3) is 0 Å². The summed E-state index contributed by atoms with van der Waals surface area (Å²) >= 11 is 11.5. The third kappa shape index (κ3) is 3.46. The summed E-state index contributed by atoms with van der Waals surface area (Å²) in [6.07, 6.45) is 1.65. The second kappa shape index (κ2) is 4.74. The van der Waals surface area contributed by atoms with Crippen molar-refractivity contribution in [3.05, 3.63) is 21.9 Å². The Morgan fingerprint density at radius 3 is 2.77 bits per heavy atom. The molecule has 0 aromatic carbocycles. The molecular formula is C8H11Cl2N3. The van der Waals surface area contributed by atoms with Crippen molar-refractivity contribution < 1.29 is 0 Å². The maximum Gasteiger partial charge on any atom is 0.155 e. The minimum atomic E-state index is 0.156. The van der Waals surface area contributed by atoms with Crippen LogP contribution in [-0.4, -0.2) is 16.2 Å². The molecular weight excluding hydrogens is 209 g/mol. The largest absolute Gasteiger partial charge is 0.328 e. The van der Waals surface area contributed by atoms with Crippen LogP contribution >= 0.6 is 23.2 Å². The Hall–Kier alpha value is -0.380. The number of nitrogens with zero attached hydrogens (tertiary/aromatic N) is 2. The van der Waals surface area contributed by atoms with Gasteiger partial charge < -0.3 is 5.73 Å². The van der Waals surface area contributed by atoms with Crippen LogP contribution in [0.4, 0.5) is 0 Å². The van der Waals surface area contributed by atoms with Crippen LogP contribution in [0.2, 0.25) is 10.3 Å². The predicted octanol–water partition coefficient (Wildman–Crippen LogP) is 2.06. The molecule has 72 valence electrons. The summed E-state index contributed by atoms with van der Waals surface area (Å²) in [4.78, 5) is 0. The molecule has 0 radical (unpaired) electrons. The number of aryl methyl sites for hydroxylation is 1. The fourth-order valence-corrected chi connectivity index (χ4v) is 1.30. The lowest BCUT2D eigenvalue weighted by atomic mass is 10.1. The zero-order valence-electron chi connectivity index (χ0n) is 7.30. The summed E-state index contributed by atoms with van der Waals surface area (Å²) in [5.74, 6) is 0. The zero-order valence-corrected chi connectivity index (χ0v) is 8.81. The van der Waals surface area contributed by atoms with Crippen molar-refractivity contribution in [1.82, 2.24) is 10.2 Å². The van der Waals surface area contributed by atoms with E-state index in [4.69, 9.17) is 28.9 Å². The topological polar surface area (TPSA) is 51.8 Å². The summed E-state index contributed by atoms with van der Waals surface area (Å²) in [5.41, 5.74) is 6.52. The lowest BCUT2D eigenvalue weighted by Gasteiger charge is -2.05. The minimum absolute atomic E-state index is 0.156. The second-order valence-electron chi connectivity index (χ2n) is 3.00. The highest BCUT2D eigenvalue weighted by atomic mass is 35.5. The number of hydrogen-bond acceptors (Lipinski definition) is 3. The van der Waals surface area contributed by atoms with Crippen LogP contribution in [0.15, 0.2) is 6.07 Å². The van der Waals surface area contributed by atoms with Gasteiger partial charge in [0.2, 0.25) is 0 Å². The van der Waals surface area contributed by atoms with Crippen molar-refractivity contribution in [2.24, 2.45) is 5.73 Å². The fourth-order valence-electron chi connectivity index (χ4n) is 0.947. The molecule has 1 heterocycles. The molecule has 1 rings (SSSR count). The fraction of sp³-hybridized carbons (Fsp3) is 0.500. The standard InChI is InChI=1S/C8H11Cl2N3/c1-5(11)2-3-6-4-7(9)12-13-8(6)10/h4-5H,2-3,11H2,1H3/t5-/m0/s1. The molecule has 0 amide bonds. The molecule has 0 fully saturated rings. The molecule has 0 aliphatic heterocycles. The second-order valence-corrected chi connectivity index (χ2v) is 3.74. The summed E-state index contributed by atoms with van der Waals surface area (Å²) < 4.78 is 0. The van der Waals surface area contributed by atoms with Gasteiger partial charge in [-0.25, -0.2) is 0 Å². The quantitative estimate of drug-likeness (QED) is 0.848. The summed E-state index contributed by atoms with van der Waals surface area (Å²) in [7, 11) is 0. The maximum atomic E-state index is 5.81. The van der Waals surface area contributed by atoms with Crippen molar-refractivity contribution in [3.63, 3.8) is 0 Å². The lowest BCUT2D eigenvalue weighted by molar-refractivity contribution is 0.664. The van der Waals surface area contributed by atoms with Gasteiger partial charge in [0, 0.05) is 6.04 Å². The number of rotatable bonds is 3. The van der Waals surface area contributed by atoms with E-state index in [1.54, 1.807) is 6.07 Å². The number of aromatic nitrogens is 2. The van der Waals surface area contributed by atoms with Crippen LogP contribution in [0.5, 0.6) is 0 Å². The van der Waals surface area contributed by atoms with Gasteiger partial charge in [-0.1, -0.05) is 23.2 Å². The van der Waals surface area contributed by atoms with E-state index in [1.807, 2.05) is 6.92 Å². The van der Waals surface area contributed by atoms with Crippen LogP contribution in [-0.2, 0) is 6.42 Å². The average Bonchev–Trinajstić information content (AvgIpc) is 2.06. The highest BCUT2D eigenvalue weighted by Crippen LogP contribution is 2.17. The molecule has 0 bridgehead atoms. The molecule has 0 unspecified atom stereocenters. The van der Waals surface area contributed by atoms with E-state index in [0.717, 1.165) is 18.4 Å². The van der Waals surface area contributed by atoms with E-state index in [1.165, 1.54) is 0 Å². The summed E-state index contributed by atoms with van der Waals surface area (Å²) in [6.45, 7) is 1.95. The van der Waals surface area contributed by atoms with Crippen LogP contribution < -0.4 is 5.73 Å². The molecule has 3 nitrogen and oxygen atoms in total. The zero-order chi connectivity index (χ0) is 9.84. The van der Waals surface area contributed by atoms with Crippen molar-refractivity contribution in [1.29, 1.82) is 0 Å². The highest BCUT2D eigenvalue weighted by Gasteiger charge is 2.04. The van der Waals surface area contributed by atoms with E-state index < -0.39 is 0 Å². The minimum Gasteiger partial charge on any atom is -0.328 e. The van der Waals surface area contributed by atoms with Gasteiger partial charge in [-0.15, -0.1) is 10.2 Å².